The van der Waals surface area contributed by atoms with Gasteiger partial charge in [0.25, 0.3) is 0 Å². The van der Waals surface area contributed by atoms with Crippen molar-refractivity contribution in [2.45, 2.75) is 51.3 Å². The first-order valence-corrected chi connectivity index (χ1v) is 13.9. The number of morpholine rings is 1. The molecule has 3 aliphatic heterocycles. The van der Waals surface area contributed by atoms with E-state index in [1.807, 2.05) is 0 Å². The molecule has 4 heterocycles. The van der Waals surface area contributed by atoms with E-state index in [2.05, 4.69) is 53.4 Å². The Morgan fingerprint density at radius 1 is 1.24 bits per heavy atom. The van der Waals surface area contributed by atoms with Crippen molar-refractivity contribution in [3.8, 4) is 0 Å². The number of halogens is 1. The number of hydrogen-bond acceptors (Lipinski definition) is 7. The molecule has 0 spiro atoms. The summed E-state index contributed by atoms with van der Waals surface area (Å²) in [5.74, 6) is -0.248. The number of benzene rings is 1. The molecule has 2 N–H and O–H groups in total. The average molecular weight is 524 g/mol. The van der Waals surface area contributed by atoms with E-state index in [9.17, 15) is 9.50 Å². The molecule has 206 valence electrons. The van der Waals surface area contributed by atoms with Crippen molar-refractivity contribution in [1.82, 2.24) is 20.1 Å². The summed E-state index contributed by atoms with van der Waals surface area (Å²) in [5.41, 5.74) is 5.64. The number of anilines is 1. The van der Waals surface area contributed by atoms with Crippen LogP contribution >= 0.6 is 0 Å². The Balaban J connectivity index is 1.36. The third kappa shape index (κ3) is 5.80. The van der Waals surface area contributed by atoms with Crippen LogP contribution in [0.3, 0.4) is 0 Å². The molecule has 5 rings (SSSR count). The SMILES string of the molecule is C=C(CN1CCNCC1CN1CCOCC1C)N1CC(C)(C)c2nc(CO)c(Cc3ccc(F)cc3)cc21. The highest BCUT2D eigenvalue weighted by Crippen LogP contribution is 2.42. The van der Waals surface area contributed by atoms with Crippen LogP contribution in [0.25, 0.3) is 0 Å². The number of hydrogen-bond donors (Lipinski definition) is 2. The zero-order valence-electron chi connectivity index (χ0n) is 23.0. The van der Waals surface area contributed by atoms with Gasteiger partial charge in [-0.1, -0.05) is 32.6 Å². The lowest BCUT2D eigenvalue weighted by molar-refractivity contribution is -0.0148. The normalized spacial score (nSPS) is 24.0. The fourth-order valence-corrected chi connectivity index (χ4v) is 6.05. The van der Waals surface area contributed by atoms with Crippen molar-refractivity contribution in [2.24, 2.45) is 0 Å². The van der Waals surface area contributed by atoms with Gasteiger partial charge in [0, 0.05) is 69.0 Å². The number of aromatic nitrogens is 1. The van der Waals surface area contributed by atoms with E-state index in [4.69, 9.17) is 9.72 Å². The minimum Gasteiger partial charge on any atom is -0.390 e. The average Bonchev–Trinajstić information content (AvgIpc) is 3.17. The molecule has 3 aliphatic rings. The van der Waals surface area contributed by atoms with Crippen molar-refractivity contribution in [1.29, 1.82) is 0 Å². The topological polar surface area (TPSA) is 64.1 Å². The number of pyridine rings is 1. The van der Waals surface area contributed by atoms with Crippen LogP contribution in [0.5, 0.6) is 0 Å². The van der Waals surface area contributed by atoms with Gasteiger partial charge in [0.05, 0.1) is 36.9 Å². The molecule has 2 saturated heterocycles. The van der Waals surface area contributed by atoms with Crippen LogP contribution in [0.1, 0.15) is 43.3 Å². The fourth-order valence-electron chi connectivity index (χ4n) is 6.05. The number of rotatable bonds is 8. The smallest absolute Gasteiger partial charge is 0.123 e. The number of nitrogens with zero attached hydrogens (tertiary/aromatic N) is 4. The Morgan fingerprint density at radius 2 is 2.03 bits per heavy atom. The summed E-state index contributed by atoms with van der Waals surface area (Å²) in [6.45, 7) is 19.3. The van der Waals surface area contributed by atoms with Gasteiger partial charge in [0.15, 0.2) is 0 Å². The van der Waals surface area contributed by atoms with Crippen LogP contribution in [-0.2, 0) is 23.2 Å². The van der Waals surface area contributed by atoms with Gasteiger partial charge < -0.3 is 20.1 Å². The third-order valence-electron chi connectivity index (χ3n) is 8.30. The molecule has 8 heteroatoms. The second-order valence-electron chi connectivity index (χ2n) is 11.7. The number of nitrogens with one attached hydrogen (secondary N) is 1. The van der Waals surface area contributed by atoms with Crippen molar-refractivity contribution >= 4 is 5.69 Å². The summed E-state index contributed by atoms with van der Waals surface area (Å²) >= 11 is 0. The van der Waals surface area contributed by atoms with Crippen molar-refractivity contribution in [3.63, 3.8) is 0 Å². The molecule has 2 aromatic rings. The Hall–Kier alpha value is -2.36. The summed E-state index contributed by atoms with van der Waals surface area (Å²) < 4.78 is 19.1. The molecule has 7 nitrogen and oxygen atoms in total. The molecule has 2 fully saturated rings. The van der Waals surface area contributed by atoms with E-state index in [1.165, 1.54) is 12.1 Å². The second kappa shape index (κ2) is 11.4. The van der Waals surface area contributed by atoms with Gasteiger partial charge in [-0.15, -0.1) is 0 Å². The van der Waals surface area contributed by atoms with Crippen molar-refractivity contribution in [2.75, 3.05) is 63.9 Å². The van der Waals surface area contributed by atoms with Crippen LogP contribution < -0.4 is 10.2 Å². The van der Waals surface area contributed by atoms with Crippen LogP contribution in [0.2, 0.25) is 0 Å². The van der Waals surface area contributed by atoms with Gasteiger partial charge in [-0.3, -0.25) is 14.8 Å². The van der Waals surface area contributed by atoms with E-state index >= 15 is 0 Å². The summed E-state index contributed by atoms with van der Waals surface area (Å²) in [6.07, 6.45) is 0.592. The predicted molar refractivity (Wildman–Crippen MR) is 149 cm³/mol. The minimum absolute atomic E-state index is 0.122. The molecular formula is C30H42FN5O2. The molecule has 0 aliphatic carbocycles. The highest BCUT2D eigenvalue weighted by atomic mass is 19.1. The van der Waals surface area contributed by atoms with Gasteiger partial charge in [-0.05, 0) is 42.7 Å². The molecular weight excluding hydrogens is 481 g/mol. The third-order valence-corrected chi connectivity index (χ3v) is 8.30. The second-order valence-corrected chi connectivity index (χ2v) is 11.7. The van der Waals surface area contributed by atoms with E-state index < -0.39 is 0 Å². The Labute approximate surface area is 226 Å². The summed E-state index contributed by atoms with van der Waals surface area (Å²) in [5, 5.41) is 13.7. The molecule has 2 atom stereocenters. The monoisotopic (exact) mass is 523 g/mol. The standard InChI is InChI=1S/C30H42FN5O2/c1-21(16-35-10-9-32-15-26(35)17-34-11-12-38-19-22(34)2)36-20-30(3,4)29-28(36)14-24(27(18-37)33-29)13-23-5-7-25(31)8-6-23/h5-8,14,22,26,32,37H,1,9-13,15-20H2,2-4H3. The van der Waals surface area contributed by atoms with Crippen LogP contribution in [0.4, 0.5) is 10.1 Å². The van der Waals surface area contributed by atoms with Gasteiger partial charge >= 0.3 is 0 Å². The summed E-state index contributed by atoms with van der Waals surface area (Å²) in [4.78, 5) is 12.4. The first kappa shape index (κ1) is 27.2. The number of aliphatic hydroxyl groups excluding tert-OH is 1. The van der Waals surface area contributed by atoms with Gasteiger partial charge in [-0.25, -0.2) is 4.39 Å². The molecule has 2 unspecified atom stereocenters. The maximum atomic E-state index is 13.5. The first-order valence-electron chi connectivity index (χ1n) is 13.9. The lowest BCUT2D eigenvalue weighted by Gasteiger charge is -2.43. The maximum Gasteiger partial charge on any atom is 0.123 e. The number of ether oxygens (including phenoxy) is 1. The largest absolute Gasteiger partial charge is 0.390 e. The van der Waals surface area contributed by atoms with Crippen LogP contribution in [-0.4, -0.2) is 91.0 Å². The molecule has 1 aromatic heterocycles. The highest BCUT2D eigenvalue weighted by molar-refractivity contribution is 5.65. The quantitative estimate of drug-likeness (QED) is 0.552. The number of aliphatic hydroxyl groups is 1. The molecule has 1 aromatic carbocycles. The fraction of sp³-hybridized carbons (Fsp3) is 0.567. The van der Waals surface area contributed by atoms with Crippen LogP contribution in [0.15, 0.2) is 42.6 Å². The van der Waals surface area contributed by atoms with Crippen LogP contribution in [0, 0.1) is 5.82 Å². The molecule has 38 heavy (non-hydrogen) atoms. The zero-order valence-corrected chi connectivity index (χ0v) is 23.0. The summed E-state index contributed by atoms with van der Waals surface area (Å²) in [7, 11) is 0. The molecule has 0 bridgehead atoms. The molecule has 0 amide bonds. The van der Waals surface area contributed by atoms with Crippen molar-refractivity contribution in [3.05, 3.63) is 70.9 Å². The molecule has 0 saturated carbocycles. The van der Waals surface area contributed by atoms with E-state index in [-0.39, 0.29) is 17.8 Å². The van der Waals surface area contributed by atoms with Gasteiger partial charge in [-0.2, -0.15) is 0 Å². The van der Waals surface area contributed by atoms with Crippen molar-refractivity contribution < 1.29 is 14.2 Å². The molecule has 0 radical (unpaired) electrons. The summed E-state index contributed by atoms with van der Waals surface area (Å²) in [6, 6.07) is 9.57. The van der Waals surface area contributed by atoms with E-state index in [1.54, 1.807) is 12.1 Å². The zero-order chi connectivity index (χ0) is 26.9. The number of piperazine rings is 1. The Bertz CT molecular complexity index is 1140. The Kier molecular flexibility index (Phi) is 8.16. The van der Waals surface area contributed by atoms with E-state index in [0.717, 1.165) is 87.2 Å². The van der Waals surface area contributed by atoms with Gasteiger partial charge in [0.2, 0.25) is 0 Å². The predicted octanol–water partition coefficient (Wildman–Crippen LogP) is 2.91. The maximum absolute atomic E-state index is 13.5. The lowest BCUT2D eigenvalue weighted by Crippen LogP contribution is -2.58. The van der Waals surface area contributed by atoms with Gasteiger partial charge in [0.1, 0.15) is 5.82 Å². The first-order chi connectivity index (χ1) is 18.2. The van der Waals surface area contributed by atoms with E-state index in [0.29, 0.717) is 24.2 Å². The minimum atomic E-state index is -0.248. The number of fused-ring (bicyclic) bond motifs is 1. The Morgan fingerprint density at radius 3 is 2.76 bits per heavy atom. The highest BCUT2D eigenvalue weighted by Gasteiger charge is 2.39. The lowest BCUT2D eigenvalue weighted by atomic mass is 9.90.